The molecule has 0 amide bonds. The molecule has 0 aliphatic carbocycles. The summed E-state index contributed by atoms with van der Waals surface area (Å²) in [5, 5.41) is 0. The molecule has 0 radical (unpaired) electrons. The Bertz CT molecular complexity index is 511. The van der Waals surface area contributed by atoms with Crippen LogP contribution in [0.2, 0.25) is 0 Å². The number of rotatable bonds is 3. The average molecular weight is 324 g/mol. The molecule has 0 unspecified atom stereocenters. The second-order valence-electron chi connectivity index (χ2n) is 4.61. The highest BCUT2D eigenvalue weighted by molar-refractivity contribution is 9.10. The van der Waals surface area contributed by atoms with Gasteiger partial charge in [-0.15, -0.1) is 0 Å². The summed E-state index contributed by atoms with van der Waals surface area (Å²) in [5.41, 5.74) is 3.60. The third-order valence-corrected chi connectivity index (χ3v) is 3.65. The minimum absolute atomic E-state index is 0.297. The summed E-state index contributed by atoms with van der Waals surface area (Å²) in [6, 6.07) is 4.20. The molecule has 1 aromatic rings. The van der Waals surface area contributed by atoms with Gasteiger partial charge in [0.2, 0.25) is 0 Å². The number of fused-ring (bicyclic) bond motifs is 1. The zero-order valence-electron chi connectivity index (χ0n) is 11.3. The Morgan fingerprint density at radius 2 is 2.32 bits per heavy atom. The van der Waals surface area contributed by atoms with Crippen LogP contribution >= 0.6 is 15.9 Å². The molecule has 0 saturated carbocycles. The Morgan fingerprint density at radius 3 is 3.05 bits per heavy atom. The minimum Gasteiger partial charge on any atom is -0.463 e. The van der Waals surface area contributed by atoms with Crippen LogP contribution in [0.4, 0.5) is 5.69 Å². The Hall–Kier alpha value is -1.29. The Kier molecular flexibility index (Phi) is 4.64. The van der Waals surface area contributed by atoms with Gasteiger partial charge in [-0.3, -0.25) is 0 Å². The molecule has 3 nitrogen and oxygen atoms in total. The first kappa shape index (κ1) is 14.1. The predicted molar refractivity (Wildman–Crippen MR) is 81.4 cm³/mol. The molecule has 1 aliphatic rings. The molecule has 19 heavy (non-hydrogen) atoms. The van der Waals surface area contributed by atoms with Gasteiger partial charge in [0.25, 0.3) is 0 Å². The van der Waals surface area contributed by atoms with E-state index in [2.05, 4.69) is 33.9 Å². The zero-order chi connectivity index (χ0) is 13.8. The Balaban J connectivity index is 2.34. The number of anilines is 1. The van der Waals surface area contributed by atoms with Crippen LogP contribution in [-0.4, -0.2) is 26.2 Å². The second-order valence-corrected chi connectivity index (χ2v) is 5.53. The first-order valence-corrected chi connectivity index (χ1v) is 7.29. The number of carbonyl (C=O) groups is 1. The lowest BCUT2D eigenvalue weighted by Gasteiger charge is -2.29. The van der Waals surface area contributed by atoms with Gasteiger partial charge in [-0.1, -0.05) is 15.9 Å². The number of esters is 1. The van der Waals surface area contributed by atoms with Crippen LogP contribution in [-0.2, 0) is 16.0 Å². The molecule has 0 N–H and O–H groups in total. The number of ether oxygens (including phenoxy) is 1. The summed E-state index contributed by atoms with van der Waals surface area (Å²) in [6.07, 6.45) is 5.58. The summed E-state index contributed by atoms with van der Waals surface area (Å²) in [4.78, 5) is 13.7. The van der Waals surface area contributed by atoms with Gasteiger partial charge in [-0.25, -0.2) is 4.79 Å². The molecule has 0 spiro atoms. The molecule has 0 aromatic heterocycles. The molecule has 0 fully saturated rings. The van der Waals surface area contributed by atoms with E-state index >= 15 is 0 Å². The molecule has 2 rings (SSSR count). The van der Waals surface area contributed by atoms with Crippen LogP contribution in [0.1, 0.15) is 24.5 Å². The van der Waals surface area contributed by atoms with Crippen LogP contribution in [0.3, 0.4) is 0 Å². The van der Waals surface area contributed by atoms with Crippen molar-refractivity contribution in [1.82, 2.24) is 0 Å². The van der Waals surface area contributed by atoms with E-state index < -0.39 is 0 Å². The molecule has 1 aliphatic heterocycles. The van der Waals surface area contributed by atoms with Gasteiger partial charge in [0.15, 0.2) is 0 Å². The van der Waals surface area contributed by atoms with E-state index in [-0.39, 0.29) is 5.97 Å². The monoisotopic (exact) mass is 323 g/mol. The highest BCUT2D eigenvalue weighted by atomic mass is 79.9. The van der Waals surface area contributed by atoms with Crippen LogP contribution in [0.5, 0.6) is 0 Å². The van der Waals surface area contributed by atoms with Gasteiger partial charge in [0.1, 0.15) is 0 Å². The SMILES string of the molecule is CCOC(=O)C=Cc1cc(Br)cc2c1N(C)CCC2. The van der Waals surface area contributed by atoms with Gasteiger partial charge >= 0.3 is 5.97 Å². The molecular formula is C15H18BrNO2. The van der Waals surface area contributed by atoms with Crippen molar-refractivity contribution in [3.63, 3.8) is 0 Å². The van der Waals surface area contributed by atoms with Crippen molar-refractivity contribution < 1.29 is 9.53 Å². The fraction of sp³-hybridized carbons (Fsp3) is 0.400. The smallest absolute Gasteiger partial charge is 0.330 e. The number of aryl methyl sites for hydroxylation is 1. The van der Waals surface area contributed by atoms with Gasteiger partial charge < -0.3 is 9.64 Å². The molecule has 0 atom stereocenters. The van der Waals surface area contributed by atoms with Crippen molar-refractivity contribution in [2.75, 3.05) is 25.1 Å². The number of nitrogens with zero attached hydrogens (tertiary/aromatic N) is 1. The molecule has 1 heterocycles. The number of hydrogen-bond acceptors (Lipinski definition) is 3. The number of hydrogen-bond donors (Lipinski definition) is 0. The van der Waals surface area contributed by atoms with Crippen LogP contribution in [0.15, 0.2) is 22.7 Å². The Labute approximate surface area is 122 Å². The van der Waals surface area contributed by atoms with Crippen molar-refractivity contribution in [2.24, 2.45) is 0 Å². The third kappa shape index (κ3) is 3.38. The third-order valence-electron chi connectivity index (χ3n) is 3.19. The molecule has 0 bridgehead atoms. The normalized spacial score (nSPS) is 14.6. The van der Waals surface area contributed by atoms with E-state index in [9.17, 15) is 4.79 Å². The van der Waals surface area contributed by atoms with Gasteiger partial charge in [-0.2, -0.15) is 0 Å². The summed E-state index contributed by atoms with van der Waals surface area (Å²) in [5.74, 6) is -0.297. The lowest BCUT2D eigenvalue weighted by atomic mass is 9.98. The van der Waals surface area contributed by atoms with E-state index in [1.165, 1.54) is 23.7 Å². The first-order chi connectivity index (χ1) is 9.11. The number of carbonyl (C=O) groups excluding carboxylic acids is 1. The van der Waals surface area contributed by atoms with Crippen LogP contribution in [0, 0.1) is 0 Å². The second kappa shape index (κ2) is 6.24. The number of benzene rings is 1. The van der Waals surface area contributed by atoms with Crippen LogP contribution < -0.4 is 4.90 Å². The largest absolute Gasteiger partial charge is 0.463 e. The van der Waals surface area contributed by atoms with Gasteiger partial charge in [0.05, 0.1) is 6.61 Å². The lowest BCUT2D eigenvalue weighted by molar-refractivity contribution is -0.137. The summed E-state index contributed by atoms with van der Waals surface area (Å²) in [6.45, 7) is 3.26. The van der Waals surface area contributed by atoms with E-state index in [1.807, 2.05) is 12.1 Å². The topological polar surface area (TPSA) is 29.5 Å². The Morgan fingerprint density at radius 1 is 1.53 bits per heavy atom. The molecule has 102 valence electrons. The van der Waals surface area contributed by atoms with Gasteiger partial charge in [-0.05, 0) is 49.1 Å². The molecule has 4 heteroatoms. The van der Waals surface area contributed by atoms with E-state index in [0.29, 0.717) is 6.61 Å². The maximum absolute atomic E-state index is 11.4. The maximum Gasteiger partial charge on any atom is 0.330 e. The summed E-state index contributed by atoms with van der Waals surface area (Å²) >= 11 is 3.53. The average Bonchev–Trinajstić information content (AvgIpc) is 2.36. The van der Waals surface area contributed by atoms with Crippen molar-refractivity contribution in [1.29, 1.82) is 0 Å². The van der Waals surface area contributed by atoms with E-state index in [1.54, 1.807) is 6.92 Å². The zero-order valence-corrected chi connectivity index (χ0v) is 12.9. The van der Waals surface area contributed by atoms with E-state index in [0.717, 1.165) is 23.0 Å². The minimum atomic E-state index is -0.297. The van der Waals surface area contributed by atoms with Crippen molar-refractivity contribution >= 4 is 33.7 Å². The first-order valence-electron chi connectivity index (χ1n) is 6.50. The number of halogens is 1. The summed E-state index contributed by atoms with van der Waals surface area (Å²) in [7, 11) is 2.09. The highest BCUT2D eigenvalue weighted by Gasteiger charge is 2.17. The lowest BCUT2D eigenvalue weighted by Crippen LogP contribution is -2.25. The maximum atomic E-state index is 11.4. The highest BCUT2D eigenvalue weighted by Crippen LogP contribution is 2.33. The van der Waals surface area contributed by atoms with Crippen molar-refractivity contribution in [2.45, 2.75) is 19.8 Å². The van der Waals surface area contributed by atoms with Crippen LogP contribution in [0.25, 0.3) is 6.08 Å². The standard InChI is InChI=1S/C15H18BrNO2/c1-3-19-14(18)7-6-12-10-13(16)9-11-5-4-8-17(2)15(11)12/h6-7,9-10H,3-5,8H2,1-2H3. The molecular weight excluding hydrogens is 306 g/mol. The fourth-order valence-corrected chi connectivity index (χ4v) is 2.95. The van der Waals surface area contributed by atoms with Crippen molar-refractivity contribution in [3.8, 4) is 0 Å². The summed E-state index contributed by atoms with van der Waals surface area (Å²) < 4.78 is 5.96. The van der Waals surface area contributed by atoms with E-state index in [4.69, 9.17) is 4.74 Å². The van der Waals surface area contributed by atoms with Gasteiger partial charge in [0, 0.05) is 29.8 Å². The molecule has 1 aromatic carbocycles. The quantitative estimate of drug-likeness (QED) is 0.630. The predicted octanol–water partition coefficient (Wildman–Crippen LogP) is 3.41. The fourth-order valence-electron chi connectivity index (χ4n) is 2.43. The van der Waals surface area contributed by atoms with Crippen molar-refractivity contribution in [3.05, 3.63) is 33.8 Å². The molecule has 0 saturated heterocycles.